The van der Waals surface area contributed by atoms with Gasteiger partial charge in [0.1, 0.15) is 5.69 Å². The second kappa shape index (κ2) is 8.03. The smallest absolute Gasteiger partial charge is 0.269 e. The van der Waals surface area contributed by atoms with Crippen molar-refractivity contribution in [2.24, 2.45) is 0 Å². The van der Waals surface area contributed by atoms with Gasteiger partial charge >= 0.3 is 0 Å². The van der Waals surface area contributed by atoms with Gasteiger partial charge in [-0.05, 0) is 44.5 Å². The Balaban J connectivity index is 1.83. The molecule has 2 rings (SSSR count). The molecule has 0 saturated heterocycles. The third-order valence-corrected chi connectivity index (χ3v) is 5.05. The van der Waals surface area contributed by atoms with Crippen LogP contribution in [0.5, 0.6) is 0 Å². The number of hydrogen-bond acceptors (Lipinski definition) is 4. The number of nitrogens with zero attached hydrogens (tertiary/aromatic N) is 1. The maximum Gasteiger partial charge on any atom is 0.269 e. The number of amides is 1. The second-order valence-corrected chi connectivity index (χ2v) is 7.31. The van der Waals surface area contributed by atoms with E-state index in [1.165, 1.54) is 0 Å². The summed E-state index contributed by atoms with van der Waals surface area (Å²) in [5, 5.41) is 2.73. The Hall–Kier alpha value is -2.25. The lowest BCUT2D eigenvalue weighted by atomic mass is 10.2. The fourth-order valence-electron chi connectivity index (χ4n) is 2.10. The number of carbonyl (C=O) groups excluding carboxylic acids is 1. The molecule has 1 heterocycles. The quantitative estimate of drug-likeness (QED) is 0.800. The Bertz CT molecular complexity index is 774. The molecule has 1 amide bonds. The first kappa shape index (κ1) is 18.1. The van der Waals surface area contributed by atoms with Crippen LogP contribution >= 0.6 is 0 Å². The highest BCUT2D eigenvalue weighted by atomic mass is 32.2. The molecule has 0 aliphatic rings. The van der Waals surface area contributed by atoms with Crippen LogP contribution in [0.3, 0.4) is 0 Å². The molecule has 24 heavy (non-hydrogen) atoms. The Morgan fingerprint density at radius 2 is 1.88 bits per heavy atom. The van der Waals surface area contributed by atoms with E-state index in [0.717, 1.165) is 5.56 Å². The molecule has 0 bridgehead atoms. The minimum atomic E-state index is -3.55. The molecule has 0 aliphatic carbocycles. The van der Waals surface area contributed by atoms with E-state index in [0.29, 0.717) is 18.7 Å². The van der Waals surface area contributed by atoms with E-state index >= 15 is 0 Å². The third-order valence-electron chi connectivity index (χ3n) is 3.45. The van der Waals surface area contributed by atoms with Crippen LogP contribution in [0, 0.1) is 6.92 Å². The number of carbonyl (C=O) groups is 1. The largest absolute Gasteiger partial charge is 0.351 e. The average Bonchev–Trinajstić information content (AvgIpc) is 2.55. The third kappa shape index (κ3) is 5.14. The summed E-state index contributed by atoms with van der Waals surface area (Å²) in [4.78, 5) is 16.0. The van der Waals surface area contributed by atoms with E-state index in [9.17, 15) is 13.2 Å². The number of hydrogen-bond donors (Lipinski definition) is 2. The molecule has 0 saturated carbocycles. The van der Waals surface area contributed by atoms with Gasteiger partial charge in [0.2, 0.25) is 10.0 Å². The highest BCUT2D eigenvalue weighted by Gasteiger charge is 2.17. The number of sulfonamides is 1. The van der Waals surface area contributed by atoms with Gasteiger partial charge in [0.25, 0.3) is 5.91 Å². The number of aryl methyl sites for hydroxylation is 1. The van der Waals surface area contributed by atoms with Crippen LogP contribution in [0.4, 0.5) is 0 Å². The van der Waals surface area contributed by atoms with Gasteiger partial charge in [0, 0.05) is 18.8 Å². The van der Waals surface area contributed by atoms with Crippen molar-refractivity contribution in [3.05, 3.63) is 59.9 Å². The zero-order chi connectivity index (χ0) is 17.6. The van der Waals surface area contributed by atoms with Gasteiger partial charge in [0.15, 0.2) is 0 Å². The molecule has 0 fully saturated rings. The molecule has 2 N–H and O–H groups in total. The van der Waals surface area contributed by atoms with E-state index in [1.54, 1.807) is 55.6 Å². The zero-order valence-electron chi connectivity index (χ0n) is 13.7. The molecule has 1 atom stereocenters. The molecule has 7 heteroatoms. The number of nitrogens with one attached hydrogen (secondary N) is 2. The van der Waals surface area contributed by atoms with Crippen LogP contribution in [-0.2, 0) is 10.0 Å². The Kier molecular flexibility index (Phi) is 6.05. The summed E-state index contributed by atoms with van der Waals surface area (Å²) in [6, 6.07) is 11.5. The van der Waals surface area contributed by atoms with Crippen LogP contribution < -0.4 is 10.0 Å². The van der Waals surface area contributed by atoms with Crippen molar-refractivity contribution in [1.82, 2.24) is 15.0 Å². The van der Waals surface area contributed by atoms with Gasteiger partial charge in [-0.25, -0.2) is 13.1 Å². The van der Waals surface area contributed by atoms with Gasteiger partial charge < -0.3 is 5.32 Å². The molecule has 0 aliphatic heterocycles. The SMILES string of the molecule is Cc1ccc(S(=O)(=O)NC(C)CCNC(=O)c2ccccn2)cc1. The number of benzene rings is 1. The number of rotatable bonds is 7. The van der Waals surface area contributed by atoms with Crippen molar-refractivity contribution in [2.45, 2.75) is 31.2 Å². The molecule has 2 aromatic rings. The standard InChI is InChI=1S/C17H21N3O3S/c1-13-6-8-15(9-7-13)24(22,23)20-14(2)10-12-19-17(21)16-5-3-4-11-18-16/h3-9,11,14,20H,10,12H2,1-2H3,(H,19,21). The first-order valence-electron chi connectivity index (χ1n) is 7.67. The van der Waals surface area contributed by atoms with E-state index in [-0.39, 0.29) is 16.8 Å². The summed E-state index contributed by atoms with van der Waals surface area (Å²) in [7, 11) is -3.55. The summed E-state index contributed by atoms with van der Waals surface area (Å²) >= 11 is 0. The average molecular weight is 347 g/mol. The normalized spacial score (nSPS) is 12.6. The topological polar surface area (TPSA) is 88.2 Å². The molecule has 128 valence electrons. The van der Waals surface area contributed by atoms with Gasteiger partial charge in [-0.1, -0.05) is 23.8 Å². The Labute approximate surface area is 142 Å². The lowest BCUT2D eigenvalue weighted by Gasteiger charge is -2.14. The maximum absolute atomic E-state index is 12.3. The summed E-state index contributed by atoms with van der Waals surface area (Å²) in [5.41, 5.74) is 1.34. The van der Waals surface area contributed by atoms with Crippen molar-refractivity contribution in [3.8, 4) is 0 Å². The van der Waals surface area contributed by atoms with Gasteiger partial charge in [-0.3, -0.25) is 9.78 Å². The van der Waals surface area contributed by atoms with Crippen molar-refractivity contribution in [1.29, 1.82) is 0 Å². The summed E-state index contributed by atoms with van der Waals surface area (Å²) in [6.07, 6.45) is 2.02. The summed E-state index contributed by atoms with van der Waals surface area (Å²) < 4.78 is 27.1. The first-order valence-corrected chi connectivity index (χ1v) is 9.15. The van der Waals surface area contributed by atoms with E-state index < -0.39 is 10.0 Å². The lowest BCUT2D eigenvalue weighted by Crippen LogP contribution is -2.36. The predicted octanol–water partition coefficient (Wildman–Crippen LogP) is 1.88. The van der Waals surface area contributed by atoms with E-state index in [2.05, 4.69) is 15.0 Å². The minimum absolute atomic E-state index is 0.234. The second-order valence-electron chi connectivity index (χ2n) is 5.59. The highest BCUT2D eigenvalue weighted by molar-refractivity contribution is 7.89. The minimum Gasteiger partial charge on any atom is -0.351 e. The van der Waals surface area contributed by atoms with Crippen LogP contribution in [0.2, 0.25) is 0 Å². The molecule has 1 aromatic heterocycles. The molecule has 6 nitrogen and oxygen atoms in total. The number of pyridine rings is 1. The maximum atomic E-state index is 12.3. The summed E-state index contributed by atoms with van der Waals surface area (Å²) in [5.74, 6) is -0.274. The van der Waals surface area contributed by atoms with E-state index in [4.69, 9.17) is 0 Å². The Morgan fingerprint density at radius 1 is 1.17 bits per heavy atom. The van der Waals surface area contributed by atoms with Crippen LogP contribution in [0.15, 0.2) is 53.6 Å². The predicted molar refractivity (Wildman–Crippen MR) is 92.1 cm³/mol. The van der Waals surface area contributed by atoms with Gasteiger partial charge in [-0.15, -0.1) is 0 Å². The van der Waals surface area contributed by atoms with Crippen LogP contribution in [0.1, 0.15) is 29.4 Å². The van der Waals surface area contributed by atoms with E-state index in [1.807, 2.05) is 6.92 Å². The van der Waals surface area contributed by atoms with Crippen molar-refractivity contribution in [2.75, 3.05) is 6.54 Å². The molecular formula is C17H21N3O3S. The molecule has 1 aromatic carbocycles. The first-order chi connectivity index (χ1) is 11.4. The molecule has 0 radical (unpaired) electrons. The molecular weight excluding hydrogens is 326 g/mol. The molecule has 1 unspecified atom stereocenters. The van der Waals surface area contributed by atoms with Crippen LogP contribution in [0.25, 0.3) is 0 Å². The van der Waals surface area contributed by atoms with Crippen LogP contribution in [-0.4, -0.2) is 31.9 Å². The highest BCUT2D eigenvalue weighted by Crippen LogP contribution is 2.11. The zero-order valence-corrected chi connectivity index (χ0v) is 14.5. The van der Waals surface area contributed by atoms with Crippen molar-refractivity contribution < 1.29 is 13.2 Å². The number of aromatic nitrogens is 1. The lowest BCUT2D eigenvalue weighted by molar-refractivity contribution is 0.0947. The summed E-state index contributed by atoms with van der Waals surface area (Å²) in [6.45, 7) is 4.02. The Morgan fingerprint density at radius 3 is 2.50 bits per heavy atom. The molecule has 0 spiro atoms. The fourth-order valence-corrected chi connectivity index (χ4v) is 3.38. The van der Waals surface area contributed by atoms with Gasteiger partial charge in [0.05, 0.1) is 4.90 Å². The monoisotopic (exact) mass is 347 g/mol. The van der Waals surface area contributed by atoms with Crippen molar-refractivity contribution in [3.63, 3.8) is 0 Å². The van der Waals surface area contributed by atoms with Gasteiger partial charge in [-0.2, -0.15) is 0 Å². The van der Waals surface area contributed by atoms with Crippen molar-refractivity contribution >= 4 is 15.9 Å². The fraction of sp³-hybridized carbons (Fsp3) is 0.294.